The number of carbonyl (C=O) groups is 5. The van der Waals surface area contributed by atoms with Crippen molar-refractivity contribution in [1.82, 2.24) is 5.32 Å². The second-order valence-electron chi connectivity index (χ2n) is 9.39. The molecule has 1 aliphatic rings. The molecule has 1 aromatic carbocycles. The SMILES string of the molecule is CC(=O)O.CC(=O)O.CC(=O)O.CC(=O)O.CC(=O)O.NCCNCCN.O=S(=O)(O)c1cc(N=C=S)ccc1C=CC1C=CC(N=C=S)=CC1S(=O)(=O)O. The first-order valence-electron chi connectivity index (χ1n) is 14.5. The Labute approximate surface area is 328 Å². The number of nitrogens with two attached hydrogens (primary N) is 2. The average molecular weight is 860 g/mol. The van der Waals surface area contributed by atoms with Crippen LogP contribution in [0.4, 0.5) is 5.69 Å². The predicted octanol–water partition coefficient (Wildman–Crippen LogP) is 2.06. The van der Waals surface area contributed by atoms with Gasteiger partial charge in [-0.1, -0.05) is 24.3 Å². The molecule has 25 heteroatoms. The van der Waals surface area contributed by atoms with E-state index in [-0.39, 0.29) is 16.9 Å². The van der Waals surface area contributed by atoms with Crippen molar-refractivity contribution in [3.63, 3.8) is 0 Å². The average Bonchev–Trinajstić information content (AvgIpc) is 2.99. The third-order valence-corrected chi connectivity index (χ3v) is 6.54. The minimum Gasteiger partial charge on any atom is -0.481 e. The molecule has 2 unspecified atom stereocenters. The number of nitrogens with zero attached hydrogens (tertiary/aromatic N) is 2. The van der Waals surface area contributed by atoms with Crippen LogP contribution in [0.2, 0.25) is 0 Å². The lowest BCUT2D eigenvalue weighted by molar-refractivity contribution is -0.135. The number of hydrogen-bond acceptors (Lipinski definition) is 16. The van der Waals surface area contributed by atoms with Crippen molar-refractivity contribution < 1.29 is 75.4 Å². The summed E-state index contributed by atoms with van der Waals surface area (Å²) < 4.78 is 65.6. The summed E-state index contributed by atoms with van der Waals surface area (Å²) in [7, 11) is -9.08. The Bertz CT molecular complexity index is 1690. The molecule has 0 radical (unpaired) electrons. The number of carboxylic acids is 5. The molecule has 0 saturated heterocycles. The number of isothiocyanates is 2. The maximum atomic E-state index is 11.7. The first-order chi connectivity index (χ1) is 25.1. The topological polar surface area (TPSA) is 384 Å². The fourth-order valence-corrected chi connectivity index (χ4v) is 4.59. The van der Waals surface area contributed by atoms with Crippen molar-refractivity contribution >= 4 is 96.6 Å². The number of aliphatic carboxylic acids is 5. The molecule has 0 amide bonds. The molecule has 2 atom stereocenters. The van der Waals surface area contributed by atoms with Crippen molar-refractivity contribution in [3.05, 3.63) is 53.8 Å². The minimum absolute atomic E-state index is 0.0833. The van der Waals surface area contributed by atoms with E-state index in [2.05, 4.69) is 50.1 Å². The lowest BCUT2D eigenvalue weighted by Crippen LogP contribution is -2.27. The molecule has 310 valence electrons. The second-order valence-corrected chi connectivity index (χ2v) is 12.7. The maximum absolute atomic E-state index is 11.7. The molecule has 0 saturated carbocycles. The monoisotopic (exact) mass is 859 g/mol. The van der Waals surface area contributed by atoms with Gasteiger partial charge in [0.1, 0.15) is 10.1 Å². The standard InChI is InChI=1S/C16H12N2O6S4.C4H13N3.5C2H4O2/c19-27(20,21)15-7-13(17-9-25)5-3-11(15)1-2-12-4-6-14(18-10-26)8-16(12)28(22,23)24;5-1-3-7-4-2-6;5*1-2(3)4/h1-8,11,15H,(H,19,20,21)(H,22,23,24);7H,1-6H2;5*1H3,(H,3,4). The van der Waals surface area contributed by atoms with Gasteiger partial charge >= 0.3 is 0 Å². The van der Waals surface area contributed by atoms with Crippen molar-refractivity contribution in [1.29, 1.82) is 0 Å². The van der Waals surface area contributed by atoms with Gasteiger partial charge in [-0.05, 0) is 54.3 Å². The highest BCUT2D eigenvalue weighted by Crippen LogP contribution is 2.28. The number of carboxylic acid groups (broad SMARTS) is 5. The van der Waals surface area contributed by atoms with E-state index in [1.165, 1.54) is 42.5 Å². The van der Waals surface area contributed by atoms with Crippen molar-refractivity contribution in [3.8, 4) is 0 Å². The summed E-state index contributed by atoms with van der Waals surface area (Å²) in [5.41, 5.74) is 10.8. The summed E-state index contributed by atoms with van der Waals surface area (Å²) in [6.45, 7) is 8.55. The highest BCUT2D eigenvalue weighted by molar-refractivity contribution is 7.86. The molecule has 12 N–H and O–H groups in total. The third-order valence-electron chi connectivity index (χ3n) is 4.31. The van der Waals surface area contributed by atoms with E-state index in [1.54, 1.807) is 0 Å². The van der Waals surface area contributed by atoms with Crippen LogP contribution in [0, 0.1) is 5.92 Å². The summed E-state index contributed by atoms with van der Waals surface area (Å²) >= 11 is 8.93. The van der Waals surface area contributed by atoms with Gasteiger partial charge in [-0.3, -0.25) is 33.1 Å². The van der Waals surface area contributed by atoms with E-state index in [0.29, 0.717) is 13.1 Å². The summed E-state index contributed by atoms with van der Waals surface area (Å²) in [4.78, 5) is 51.9. The van der Waals surface area contributed by atoms with Crippen LogP contribution in [0.25, 0.3) is 6.08 Å². The highest BCUT2D eigenvalue weighted by Gasteiger charge is 2.30. The molecule has 0 bridgehead atoms. The van der Waals surface area contributed by atoms with E-state index in [9.17, 15) is 25.9 Å². The largest absolute Gasteiger partial charge is 0.481 e. The molecule has 1 aliphatic carbocycles. The Morgan fingerprint density at radius 1 is 0.782 bits per heavy atom. The lowest BCUT2D eigenvalue weighted by Gasteiger charge is -2.19. The van der Waals surface area contributed by atoms with Crippen LogP contribution in [0.1, 0.15) is 40.2 Å². The number of aliphatic imine (C=N–C) groups is 2. The summed E-state index contributed by atoms with van der Waals surface area (Å²) in [5.74, 6) is -4.99. The number of allylic oxidation sites excluding steroid dienone is 3. The van der Waals surface area contributed by atoms with Crippen LogP contribution >= 0.6 is 24.4 Å². The third kappa shape index (κ3) is 47.1. The van der Waals surface area contributed by atoms with Gasteiger partial charge in [0.25, 0.3) is 50.1 Å². The number of hydrogen-bond donors (Lipinski definition) is 10. The summed E-state index contributed by atoms with van der Waals surface area (Å²) in [6, 6.07) is 3.89. The van der Waals surface area contributed by atoms with Gasteiger partial charge in [0, 0.05) is 66.7 Å². The number of thiocarbonyl (C=S) groups is 2. The summed E-state index contributed by atoms with van der Waals surface area (Å²) in [6.07, 6.45) is 6.82. The van der Waals surface area contributed by atoms with E-state index < -0.39 is 66.1 Å². The zero-order chi connectivity index (χ0) is 44.4. The molecule has 0 fully saturated rings. The highest BCUT2D eigenvalue weighted by atomic mass is 32.2. The lowest BCUT2D eigenvalue weighted by atomic mass is 9.97. The Balaban J connectivity index is -0.000000249. The van der Waals surface area contributed by atoms with Crippen LogP contribution in [0.5, 0.6) is 0 Å². The molecule has 0 aliphatic heterocycles. The van der Waals surface area contributed by atoms with Gasteiger partial charge in [-0.15, -0.1) is 0 Å². The van der Waals surface area contributed by atoms with E-state index in [4.69, 9.17) is 61.0 Å². The maximum Gasteiger partial charge on any atom is 0.300 e. The summed E-state index contributed by atoms with van der Waals surface area (Å²) in [5, 5.41) is 42.9. The van der Waals surface area contributed by atoms with Crippen molar-refractivity contribution in [2.24, 2.45) is 27.4 Å². The smallest absolute Gasteiger partial charge is 0.300 e. The second kappa shape index (κ2) is 34.8. The van der Waals surface area contributed by atoms with Crippen LogP contribution in [-0.2, 0) is 44.2 Å². The number of rotatable bonds is 10. The van der Waals surface area contributed by atoms with Crippen molar-refractivity contribution in [2.75, 3.05) is 26.2 Å². The number of nitrogens with one attached hydrogen (secondary N) is 1. The molecule has 0 spiro atoms. The van der Waals surface area contributed by atoms with Crippen LogP contribution in [-0.4, -0.2) is 123 Å². The normalized spacial score (nSPS) is 13.4. The first kappa shape index (κ1) is 59.4. The van der Waals surface area contributed by atoms with E-state index in [1.807, 2.05) is 0 Å². The number of benzene rings is 1. The van der Waals surface area contributed by atoms with Crippen LogP contribution in [0.3, 0.4) is 0 Å². The van der Waals surface area contributed by atoms with Crippen LogP contribution in [0.15, 0.2) is 63.1 Å². The molecule has 55 heavy (non-hydrogen) atoms. The Morgan fingerprint density at radius 3 is 1.51 bits per heavy atom. The van der Waals surface area contributed by atoms with Gasteiger partial charge in [0.05, 0.1) is 21.7 Å². The zero-order valence-corrected chi connectivity index (χ0v) is 33.4. The van der Waals surface area contributed by atoms with Gasteiger partial charge in [0.15, 0.2) is 0 Å². The molecule has 1 aromatic rings. The van der Waals surface area contributed by atoms with E-state index in [0.717, 1.165) is 53.8 Å². The van der Waals surface area contributed by atoms with Gasteiger partial charge < -0.3 is 42.3 Å². The molecular formula is C30H45N5O16S4. The van der Waals surface area contributed by atoms with Gasteiger partial charge in [-0.2, -0.15) is 26.8 Å². The Hall–Kier alpha value is -4.91. The zero-order valence-electron chi connectivity index (χ0n) is 30.1. The van der Waals surface area contributed by atoms with Gasteiger partial charge in [0.2, 0.25) is 0 Å². The first-order valence-corrected chi connectivity index (χ1v) is 18.3. The molecule has 2 rings (SSSR count). The Kier molecular flexibility index (Phi) is 37.6. The molecule has 0 aromatic heterocycles. The quantitative estimate of drug-likeness (QED) is 0.0696. The predicted molar refractivity (Wildman–Crippen MR) is 209 cm³/mol. The molecule has 21 nitrogen and oxygen atoms in total. The molecular weight excluding hydrogens is 815 g/mol. The van der Waals surface area contributed by atoms with E-state index >= 15 is 0 Å². The fraction of sp³-hybridized carbons (Fsp3) is 0.367. The Morgan fingerprint density at radius 2 is 1.18 bits per heavy atom. The van der Waals surface area contributed by atoms with Gasteiger partial charge in [-0.25, -0.2) is 0 Å². The van der Waals surface area contributed by atoms with Crippen molar-refractivity contribution in [2.45, 2.75) is 44.8 Å². The van der Waals surface area contributed by atoms with Crippen LogP contribution < -0.4 is 16.8 Å². The fourth-order valence-electron chi connectivity index (χ4n) is 2.79. The minimum atomic E-state index is -4.59. The molecule has 0 heterocycles.